The Kier molecular flexibility index (Phi) is 5.16. The van der Waals surface area contributed by atoms with Gasteiger partial charge >= 0.3 is 0 Å². The van der Waals surface area contributed by atoms with Crippen LogP contribution >= 0.6 is 11.3 Å². The molecular formula is C19H19N5O3S. The molecule has 1 aliphatic rings. The van der Waals surface area contributed by atoms with Crippen LogP contribution in [0.1, 0.15) is 16.8 Å². The molecule has 1 fully saturated rings. The van der Waals surface area contributed by atoms with Gasteiger partial charge in [-0.3, -0.25) is 14.4 Å². The van der Waals surface area contributed by atoms with Crippen LogP contribution in [0.4, 0.5) is 0 Å². The third kappa shape index (κ3) is 3.65. The van der Waals surface area contributed by atoms with Gasteiger partial charge in [-0.05, 0) is 30.0 Å². The highest BCUT2D eigenvalue weighted by atomic mass is 32.1. The second-order valence-electron chi connectivity index (χ2n) is 6.61. The molecule has 28 heavy (non-hydrogen) atoms. The summed E-state index contributed by atoms with van der Waals surface area (Å²) in [5, 5.41) is 12.0. The molecule has 0 atom stereocenters. The van der Waals surface area contributed by atoms with Gasteiger partial charge in [0, 0.05) is 31.6 Å². The minimum absolute atomic E-state index is 0.00726. The van der Waals surface area contributed by atoms with Gasteiger partial charge in [-0.2, -0.15) is 11.3 Å². The van der Waals surface area contributed by atoms with E-state index in [1.54, 1.807) is 34.1 Å². The summed E-state index contributed by atoms with van der Waals surface area (Å²) in [7, 11) is 0. The molecule has 8 nitrogen and oxygen atoms in total. The quantitative estimate of drug-likeness (QED) is 0.663. The van der Waals surface area contributed by atoms with Gasteiger partial charge in [-0.15, -0.1) is 5.10 Å². The van der Waals surface area contributed by atoms with Crippen LogP contribution in [0.2, 0.25) is 0 Å². The fraction of sp³-hybridized carbons (Fsp3) is 0.316. The van der Waals surface area contributed by atoms with E-state index in [-0.39, 0.29) is 23.9 Å². The van der Waals surface area contributed by atoms with E-state index in [1.165, 1.54) is 11.3 Å². The van der Waals surface area contributed by atoms with Crippen LogP contribution in [0.25, 0.3) is 10.9 Å². The molecule has 4 rings (SSSR count). The average Bonchev–Trinajstić information content (AvgIpc) is 3.14. The zero-order valence-electron chi connectivity index (χ0n) is 15.2. The Balaban J connectivity index is 1.44. The van der Waals surface area contributed by atoms with E-state index < -0.39 is 0 Å². The fourth-order valence-corrected chi connectivity index (χ4v) is 3.92. The number of carbonyl (C=O) groups excluding carboxylic acids is 2. The molecule has 3 heterocycles. The van der Waals surface area contributed by atoms with Crippen molar-refractivity contribution < 1.29 is 9.59 Å². The van der Waals surface area contributed by atoms with Crippen molar-refractivity contribution in [3.05, 3.63) is 57.0 Å². The fourth-order valence-electron chi connectivity index (χ4n) is 3.29. The summed E-state index contributed by atoms with van der Waals surface area (Å²) in [6, 6.07) is 8.74. The topological polar surface area (TPSA) is 88.4 Å². The Bertz CT molecular complexity index is 1060. The SMILES string of the molecule is O=C(Cn1nnc2ccccc2c1=O)N1CCCN(C(=O)c2ccsc2)CC1. The normalized spacial score (nSPS) is 14.9. The highest BCUT2D eigenvalue weighted by Crippen LogP contribution is 2.12. The monoisotopic (exact) mass is 397 g/mol. The van der Waals surface area contributed by atoms with Crippen molar-refractivity contribution in [2.45, 2.75) is 13.0 Å². The summed E-state index contributed by atoms with van der Waals surface area (Å²) in [5.41, 5.74) is 0.861. The first-order chi connectivity index (χ1) is 13.6. The van der Waals surface area contributed by atoms with Crippen molar-refractivity contribution in [2.75, 3.05) is 26.2 Å². The zero-order chi connectivity index (χ0) is 19.5. The van der Waals surface area contributed by atoms with Gasteiger partial charge in [-0.25, -0.2) is 4.68 Å². The van der Waals surface area contributed by atoms with Gasteiger partial charge in [0.05, 0.1) is 10.9 Å². The number of thiophene rings is 1. The lowest BCUT2D eigenvalue weighted by Gasteiger charge is -2.22. The third-order valence-corrected chi connectivity index (χ3v) is 5.50. The molecule has 0 unspecified atom stereocenters. The number of rotatable bonds is 3. The van der Waals surface area contributed by atoms with Crippen LogP contribution in [0, 0.1) is 0 Å². The molecule has 2 aromatic heterocycles. The molecule has 0 spiro atoms. The molecule has 144 valence electrons. The number of fused-ring (bicyclic) bond motifs is 1. The van der Waals surface area contributed by atoms with Crippen molar-refractivity contribution in [2.24, 2.45) is 0 Å². The maximum Gasteiger partial charge on any atom is 0.278 e. The average molecular weight is 397 g/mol. The predicted molar refractivity (Wildman–Crippen MR) is 105 cm³/mol. The molecule has 1 aromatic carbocycles. The number of benzene rings is 1. The summed E-state index contributed by atoms with van der Waals surface area (Å²) in [5.74, 6) is -0.205. The second kappa shape index (κ2) is 7.89. The summed E-state index contributed by atoms with van der Waals surface area (Å²) < 4.78 is 1.10. The number of hydrogen-bond donors (Lipinski definition) is 0. The van der Waals surface area contributed by atoms with E-state index in [4.69, 9.17) is 0 Å². The summed E-state index contributed by atoms with van der Waals surface area (Å²) in [6.07, 6.45) is 0.694. The molecule has 1 saturated heterocycles. The van der Waals surface area contributed by atoms with Crippen molar-refractivity contribution >= 4 is 34.1 Å². The Morgan fingerprint density at radius 3 is 2.64 bits per heavy atom. The Labute approximate surface area is 165 Å². The van der Waals surface area contributed by atoms with E-state index in [0.717, 1.165) is 4.68 Å². The van der Waals surface area contributed by atoms with Gasteiger partial charge in [0.2, 0.25) is 5.91 Å². The first-order valence-corrected chi connectivity index (χ1v) is 9.99. The van der Waals surface area contributed by atoms with Crippen LogP contribution in [0.15, 0.2) is 45.9 Å². The van der Waals surface area contributed by atoms with Gasteiger partial charge in [0.25, 0.3) is 11.5 Å². The van der Waals surface area contributed by atoms with E-state index in [1.807, 2.05) is 16.8 Å². The van der Waals surface area contributed by atoms with Crippen LogP contribution in [0.5, 0.6) is 0 Å². The van der Waals surface area contributed by atoms with Gasteiger partial charge in [0.1, 0.15) is 12.1 Å². The standard InChI is InChI=1S/C19H19N5O3S/c25-17(12-24-19(27)15-4-1-2-5-16(15)20-21-24)22-7-3-8-23(10-9-22)18(26)14-6-11-28-13-14/h1-2,4-6,11,13H,3,7-10,12H2. The minimum atomic E-state index is -0.331. The van der Waals surface area contributed by atoms with E-state index in [0.29, 0.717) is 49.1 Å². The second-order valence-corrected chi connectivity index (χ2v) is 7.39. The summed E-state index contributed by atoms with van der Waals surface area (Å²) >= 11 is 1.49. The van der Waals surface area contributed by atoms with Crippen LogP contribution < -0.4 is 5.56 Å². The van der Waals surface area contributed by atoms with Crippen molar-refractivity contribution in [3.63, 3.8) is 0 Å². The Morgan fingerprint density at radius 2 is 1.82 bits per heavy atom. The molecule has 0 bridgehead atoms. The van der Waals surface area contributed by atoms with Crippen molar-refractivity contribution in [3.8, 4) is 0 Å². The summed E-state index contributed by atoms with van der Waals surface area (Å²) in [4.78, 5) is 41.2. The number of hydrogen-bond acceptors (Lipinski definition) is 6. The van der Waals surface area contributed by atoms with Crippen LogP contribution in [-0.2, 0) is 11.3 Å². The van der Waals surface area contributed by atoms with E-state index in [9.17, 15) is 14.4 Å². The number of nitrogens with zero attached hydrogens (tertiary/aromatic N) is 5. The van der Waals surface area contributed by atoms with Crippen LogP contribution in [0.3, 0.4) is 0 Å². The van der Waals surface area contributed by atoms with Crippen molar-refractivity contribution in [1.29, 1.82) is 0 Å². The number of aromatic nitrogens is 3. The van der Waals surface area contributed by atoms with Crippen LogP contribution in [-0.4, -0.2) is 62.8 Å². The predicted octanol–water partition coefficient (Wildman–Crippen LogP) is 1.23. The first-order valence-electron chi connectivity index (χ1n) is 9.05. The molecule has 2 amide bonds. The first kappa shape index (κ1) is 18.3. The molecule has 1 aliphatic heterocycles. The largest absolute Gasteiger partial charge is 0.339 e. The van der Waals surface area contributed by atoms with E-state index >= 15 is 0 Å². The number of amides is 2. The highest BCUT2D eigenvalue weighted by molar-refractivity contribution is 7.08. The lowest BCUT2D eigenvalue weighted by atomic mass is 10.2. The van der Waals surface area contributed by atoms with Crippen molar-refractivity contribution in [1.82, 2.24) is 24.8 Å². The third-order valence-electron chi connectivity index (χ3n) is 4.82. The maximum atomic E-state index is 12.7. The molecule has 9 heteroatoms. The number of carbonyl (C=O) groups is 2. The van der Waals surface area contributed by atoms with E-state index in [2.05, 4.69) is 10.3 Å². The molecule has 0 aliphatic carbocycles. The summed E-state index contributed by atoms with van der Waals surface area (Å²) in [6.45, 7) is 1.90. The maximum absolute atomic E-state index is 12.7. The minimum Gasteiger partial charge on any atom is -0.339 e. The van der Waals surface area contributed by atoms with Gasteiger partial charge in [-0.1, -0.05) is 17.3 Å². The smallest absolute Gasteiger partial charge is 0.278 e. The lowest BCUT2D eigenvalue weighted by molar-refractivity contribution is -0.132. The molecule has 3 aromatic rings. The molecular weight excluding hydrogens is 378 g/mol. The van der Waals surface area contributed by atoms with Gasteiger partial charge < -0.3 is 9.80 Å². The molecule has 0 radical (unpaired) electrons. The Hall–Kier alpha value is -3.07. The Morgan fingerprint density at radius 1 is 1.04 bits per heavy atom. The highest BCUT2D eigenvalue weighted by Gasteiger charge is 2.23. The zero-order valence-corrected chi connectivity index (χ0v) is 16.0. The molecule has 0 N–H and O–H groups in total. The van der Waals surface area contributed by atoms with Gasteiger partial charge in [0.15, 0.2) is 0 Å². The molecule has 0 saturated carbocycles. The lowest BCUT2D eigenvalue weighted by Crippen LogP contribution is -2.40.